The van der Waals surface area contributed by atoms with Gasteiger partial charge in [0.05, 0.1) is 16.5 Å². The number of anilines is 1. The van der Waals surface area contributed by atoms with Gasteiger partial charge in [0.25, 0.3) is 5.92 Å². The molecule has 2 aromatic heterocycles. The number of rotatable bonds is 8. The van der Waals surface area contributed by atoms with Crippen LogP contribution in [0.25, 0.3) is 33.4 Å². The summed E-state index contributed by atoms with van der Waals surface area (Å²) < 4.78 is 27.5. The van der Waals surface area contributed by atoms with Crippen molar-refractivity contribution in [2.24, 2.45) is 0 Å². The van der Waals surface area contributed by atoms with Crippen molar-refractivity contribution in [1.29, 1.82) is 0 Å². The standard InChI is InChI=1S/C28H25F2N5/c1-4-5-6-8-19(2)15-33-27-25-23(20-11-13-22(14-12-20)28(3,29)30)9-7-10-24(25)34-26(35-27)21-16-31-18-32-17-21/h4-14,16-18H,1,15H2,2-3H3,(H,33,34,35)/b6-5-,19-8+. The van der Waals surface area contributed by atoms with Crippen LogP contribution in [0, 0.1) is 0 Å². The van der Waals surface area contributed by atoms with Crippen molar-refractivity contribution in [3.63, 3.8) is 0 Å². The van der Waals surface area contributed by atoms with Gasteiger partial charge in [-0.2, -0.15) is 0 Å². The van der Waals surface area contributed by atoms with Crippen molar-refractivity contribution >= 4 is 16.7 Å². The second-order valence-electron chi connectivity index (χ2n) is 8.18. The summed E-state index contributed by atoms with van der Waals surface area (Å²) in [4.78, 5) is 17.7. The molecule has 0 spiro atoms. The number of nitrogens with zero attached hydrogens (tertiary/aromatic N) is 4. The number of aromatic nitrogens is 4. The number of nitrogens with one attached hydrogen (secondary N) is 1. The van der Waals surface area contributed by atoms with Crippen molar-refractivity contribution in [1.82, 2.24) is 19.9 Å². The molecule has 4 aromatic rings. The monoisotopic (exact) mass is 469 g/mol. The van der Waals surface area contributed by atoms with Crippen molar-refractivity contribution in [3.05, 3.63) is 103 Å². The smallest absolute Gasteiger partial charge is 0.270 e. The summed E-state index contributed by atoms with van der Waals surface area (Å²) in [6.45, 7) is 7.14. The lowest BCUT2D eigenvalue weighted by atomic mass is 9.98. The molecule has 1 N–H and O–H groups in total. The summed E-state index contributed by atoms with van der Waals surface area (Å²) in [5.41, 5.74) is 4.12. The zero-order valence-corrected chi connectivity index (χ0v) is 19.5. The minimum absolute atomic E-state index is 0.0317. The molecule has 0 radical (unpaired) electrons. The molecule has 0 bridgehead atoms. The Balaban J connectivity index is 1.83. The van der Waals surface area contributed by atoms with E-state index < -0.39 is 5.92 Å². The van der Waals surface area contributed by atoms with E-state index in [-0.39, 0.29) is 5.56 Å². The average molecular weight is 470 g/mol. The van der Waals surface area contributed by atoms with Gasteiger partial charge in [-0.3, -0.25) is 0 Å². The number of alkyl halides is 2. The number of hydrogen-bond donors (Lipinski definition) is 1. The fourth-order valence-electron chi connectivity index (χ4n) is 3.62. The average Bonchev–Trinajstić information content (AvgIpc) is 2.87. The van der Waals surface area contributed by atoms with Gasteiger partial charge in [-0.15, -0.1) is 0 Å². The van der Waals surface area contributed by atoms with Crippen molar-refractivity contribution in [2.45, 2.75) is 19.8 Å². The first kappa shape index (κ1) is 23.9. The van der Waals surface area contributed by atoms with Crippen LogP contribution in [0.1, 0.15) is 19.4 Å². The van der Waals surface area contributed by atoms with Crippen LogP contribution in [0.15, 0.2) is 97.6 Å². The van der Waals surface area contributed by atoms with Gasteiger partial charge >= 0.3 is 0 Å². The zero-order chi connectivity index (χ0) is 24.8. The molecule has 2 heterocycles. The van der Waals surface area contributed by atoms with E-state index in [2.05, 4.69) is 21.9 Å². The number of benzene rings is 2. The van der Waals surface area contributed by atoms with E-state index in [1.165, 1.54) is 18.5 Å². The zero-order valence-electron chi connectivity index (χ0n) is 19.5. The van der Waals surface area contributed by atoms with E-state index in [1.807, 2.05) is 43.4 Å². The molecule has 0 atom stereocenters. The van der Waals surface area contributed by atoms with Crippen LogP contribution < -0.4 is 5.32 Å². The van der Waals surface area contributed by atoms with Gasteiger partial charge in [0.15, 0.2) is 5.82 Å². The third-order valence-electron chi connectivity index (χ3n) is 5.41. The molecule has 4 rings (SSSR count). The Morgan fingerprint density at radius 1 is 1.00 bits per heavy atom. The Morgan fingerprint density at radius 2 is 1.74 bits per heavy atom. The predicted octanol–water partition coefficient (Wildman–Crippen LogP) is 6.97. The Hall–Kier alpha value is -4.26. The van der Waals surface area contributed by atoms with Crippen LogP contribution in [0.2, 0.25) is 0 Å². The van der Waals surface area contributed by atoms with Crippen LogP contribution in [0.5, 0.6) is 0 Å². The lowest BCUT2D eigenvalue weighted by Gasteiger charge is -2.15. The predicted molar refractivity (Wildman–Crippen MR) is 137 cm³/mol. The van der Waals surface area contributed by atoms with E-state index in [0.29, 0.717) is 23.8 Å². The molecule has 0 aliphatic rings. The maximum absolute atomic E-state index is 13.7. The molecule has 0 fully saturated rings. The van der Waals surface area contributed by atoms with E-state index in [1.54, 1.807) is 30.6 Å². The first-order valence-electron chi connectivity index (χ1n) is 11.1. The summed E-state index contributed by atoms with van der Waals surface area (Å²) in [7, 11) is 0. The van der Waals surface area contributed by atoms with Crippen LogP contribution in [0.4, 0.5) is 14.6 Å². The van der Waals surface area contributed by atoms with Gasteiger partial charge in [-0.25, -0.2) is 28.7 Å². The maximum atomic E-state index is 13.7. The number of fused-ring (bicyclic) bond motifs is 1. The summed E-state index contributed by atoms with van der Waals surface area (Å²) in [6, 6.07) is 12.1. The highest BCUT2D eigenvalue weighted by molar-refractivity contribution is 6.02. The highest BCUT2D eigenvalue weighted by Gasteiger charge is 2.24. The van der Waals surface area contributed by atoms with Gasteiger partial charge in [0.1, 0.15) is 12.1 Å². The molecular weight excluding hydrogens is 444 g/mol. The fraction of sp³-hybridized carbons (Fsp3) is 0.143. The van der Waals surface area contributed by atoms with Gasteiger partial charge in [-0.05, 0) is 24.1 Å². The Bertz CT molecular complexity index is 1390. The molecular formula is C28H25F2N5. The quantitative estimate of drug-likeness (QED) is 0.283. The lowest BCUT2D eigenvalue weighted by molar-refractivity contribution is 0.0175. The molecule has 0 saturated carbocycles. The van der Waals surface area contributed by atoms with E-state index in [4.69, 9.17) is 9.97 Å². The fourth-order valence-corrected chi connectivity index (χ4v) is 3.62. The minimum Gasteiger partial charge on any atom is -0.366 e. The topological polar surface area (TPSA) is 63.6 Å². The molecule has 0 aliphatic carbocycles. The third kappa shape index (κ3) is 5.63. The molecule has 35 heavy (non-hydrogen) atoms. The van der Waals surface area contributed by atoms with Gasteiger partial charge in [-0.1, -0.05) is 72.9 Å². The third-order valence-corrected chi connectivity index (χ3v) is 5.41. The highest BCUT2D eigenvalue weighted by Crippen LogP contribution is 2.35. The van der Waals surface area contributed by atoms with Crippen molar-refractivity contribution < 1.29 is 8.78 Å². The van der Waals surface area contributed by atoms with E-state index >= 15 is 0 Å². The number of halogens is 2. The van der Waals surface area contributed by atoms with E-state index in [9.17, 15) is 8.78 Å². The van der Waals surface area contributed by atoms with Crippen LogP contribution >= 0.6 is 0 Å². The second-order valence-corrected chi connectivity index (χ2v) is 8.18. The highest BCUT2D eigenvalue weighted by atomic mass is 19.3. The minimum atomic E-state index is -2.90. The molecule has 2 aromatic carbocycles. The first-order valence-corrected chi connectivity index (χ1v) is 11.1. The number of hydrogen-bond acceptors (Lipinski definition) is 5. The summed E-state index contributed by atoms with van der Waals surface area (Å²) >= 11 is 0. The van der Waals surface area contributed by atoms with Crippen LogP contribution in [0.3, 0.4) is 0 Å². The molecule has 7 heteroatoms. The van der Waals surface area contributed by atoms with Gasteiger partial charge in [0.2, 0.25) is 0 Å². The second kappa shape index (κ2) is 10.3. The SMILES string of the molecule is C=C/C=C\C=C(/C)CNc1nc(-c2cncnc2)nc2cccc(-c3ccc(C(C)(F)F)cc3)c12. The molecule has 176 valence electrons. The molecule has 0 saturated heterocycles. The molecule has 0 aliphatic heterocycles. The van der Waals surface area contributed by atoms with Crippen molar-refractivity contribution in [3.8, 4) is 22.5 Å². The summed E-state index contributed by atoms with van der Waals surface area (Å²) in [6.07, 6.45) is 12.3. The maximum Gasteiger partial charge on any atom is 0.270 e. The van der Waals surface area contributed by atoms with Gasteiger partial charge in [0, 0.05) is 31.4 Å². The Morgan fingerprint density at radius 3 is 2.43 bits per heavy atom. The summed E-state index contributed by atoms with van der Waals surface area (Å²) in [5, 5.41) is 4.23. The molecule has 0 amide bonds. The normalized spacial score (nSPS) is 12.3. The first-order chi connectivity index (χ1) is 16.9. The summed E-state index contributed by atoms with van der Waals surface area (Å²) in [5.74, 6) is -1.77. The Kier molecular flexibility index (Phi) is 7.06. The van der Waals surface area contributed by atoms with Crippen LogP contribution in [-0.4, -0.2) is 26.5 Å². The van der Waals surface area contributed by atoms with Crippen LogP contribution in [-0.2, 0) is 5.92 Å². The lowest BCUT2D eigenvalue weighted by Crippen LogP contribution is -2.08. The van der Waals surface area contributed by atoms with Gasteiger partial charge < -0.3 is 5.32 Å². The van der Waals surface area contributed by atoms with E-state index in [0.717, 1.165) is 34.5 Å². The largest absolute Gasteiger partial charge is 0.366 e. The van der Waals surface area contributed by atoms with Crippen molar-refractivity contribution in [2.75, 3.05) is 11.9 Å². The number of allylic oxidation sites excluding steroid dienone is 4. The molecule has 5 nitrogen and oxygen atoms in total. The molecule has 0 unspecified atom stereocenters. The Labute approximate surface area is 203 Å².